The number of halogens is 3. The van der Waals surface area contributed by atoms with Crippen molar-refractivity contribution in [1.82, 2.24) is 4.57 Å². The first kappa shape index (κ1) is 19.6. The van der Waals surface area contributed by atoms with Crippen molar-refractivity contribution in [2.75, 3.05) is 13.7 Å². The average molecular weight is 369 g/mol. The van der Waals surface area contributed by atoms with Crippen LogP contribution in [0.15, 0.2) is 30.3 Å². The van der Waals surface area contributed by atoms with Crippen LogP contribution in [0.3, 0.4) is 0 Å². The molecule has 0 aliphatic rings. The molecule has 140 valence electrons. The van der Waals surface area contributed by atoms with E-state index in [0.29, 0.717) is 5.69 Å². The van der Waals surface area contributed by atoms with E-state index in [4.69, 9.17) is 9.47 Å². The van der Waals surface area contributed by atoms with Crippen LogP contribution in [0.2, 0.25) is 0 Å². The fourth-order valence-corrected chi connectivity index (χ4v) is 2.52. The molecule has 5 nitrogen and oxygen atoms in total. The van der Waals surface area contributed by atoms with Crippen LogP contribution in [0.5, 0.6) is 5.75 Å². The Kier molecular flexibility index (Phi) is 5.74. The first-order chi connectivity index (χ1) is 12.2. The summed E-state index contributed by atoms with van der Waals surface area (Å²) in [5, 5.41) is 0. The van der Waals surface area contributed by atoms with Crippen molar-refractivity contribution in [2.24, 2.45) is 7.05 Å². The number of hydrogen-bond acceptors (Lipinski definition) is 4. The molecule has 2 rings (SSSR count). The average Bonchev–Trinajstić information content (AvgIpc) is 2.89. The number of ether oxygens (including phenoxy) is 2. The number of methoxy groups -OCH3 is 1. The molecule has 0 fully saturated rings. The van der Waals surface area contributed by atoms with E-state index in [9.17, 15) is 22.8 Å². The van der Waals surface area contributed by atoms with Crippen molar-refractivity contribution in [1.29, 1.82) is 0 Å². The van der Waals surface area contributed by atoms with Gasteiger partial charge >= 0.3 is 12.1 Å². The second-order valence-corrected chi connectivity index (χ2v) is 5.50. The number of alkyl halides is 3. The number of carbonyl (C=O) groups excluding carboxylic acids is 2. The molecule has 0 saturated heterocycles. The highest BCUT2D eigenvalue weighted by Crippen LogP contribution is 2.30. The van der Waals surface area contributed by atoms with Gasteiger partial charge in [0.15, 0.2) is 0 Å². The van der Waals surface area contributed by atoms with Crippen molar-refractivity contribution in [2.45, 2.75) is 19.5 Å². The Balaban J connectivity index is 2.36. The molecule has 8 heteroatoms. The van der Waals surface area contributed by atoms with Crippen LogP contribution in [0, 0.1) is 0 Å². The molecular formula is C18H18F3NO4. The van der Waals surface area contributed by atoms with Gasteiger partial charge in [0.1, 0.15) is 11.4 Å². The summed E-state index contributed by atoms with van der Waals surface area (Å²) >= 11 is 0. The molecule has 2 aromatic rings. The zero-order valence-electron chi connectivity index (χ0n) is 14.5. The molecule has 0 amide bonds. The van der Waals surface area contributed by atoms with Crippen molar-refractivity contribution >= 4 is 11.8 Å². The van der Waals surface area contributed by atoms with E-state index < -0.39 is 23.5 Å². The Labute approximate surface area is 148 Å². The van der Waals surface area contributed by atoms with Gasteiger partial charge in [0.25, 0.3) is 0 Å². The van der Waals surface area contributed by atoms with Crippen LogP contribution in [0.4, 0.5) is 13.2 Å². The summed E-state index contributed by atoms with van der Waals surface area (Å²) < 4.78 is 49.5. The summed E-state index contributed by atoms with van der Waals surface area (Å²) in [6.07, 6.45) is -4.53. The molecule has 0 aliphatic heterocycles. The standard InChI is InChI=1S/C18H18F3NO4/c1-4-26-15(23)10-13-9-14(25-3)16(22(13)2)17(24)11-5-7-12(8-6-11)18(19,20)21/h5-9H,4,10H2,1-3H3. The van der Waals surface area contributed by atoms with E-state index in [2.05, 4.69) is 0 Å². The Morgan fingerprint density at radius 3 is 2.27 bits per heavy atom. The number of benzene rings is 1. The molecule has 0 spiro atoms. The fraction of sp³-hybridized carbons (Fsp3) is 0.333. The second-order valence-electron chi connectivity index (χ2n) is 5.50. The number of esters is 1. The number of hydrogen-bond donors (Lipinski definition) is 0. The molecule has 26 heavy (non-hydrogen) atoms. The van der Waals surface area contributed by atoms with E-state index in [0.717, 1.165) is 24.3 Å². The molecule has 0 aliphatic carbocycles. The minimum absolute atomic E-state index is 0.0546. The normalized spacial score (nSPS) is 11.3. The summed E-state index contributed by atoms with van der Waals surface area (Å²) in [5.74, 6) is -0.728. The maximum Gasteiger partial charge on any atom is 0.416 e. The van der Waals surface area contributed by atoms with Crippen LogP contribution < -0.4 is 4.74 Å². The highest BCUT2D eigenvalue weighted by Gasteiger charge is 2.30. The maximum atomic E-state index is 12.7. The van der Waals surface area contributed by atoms with Crippen LogP contribution in [-0.4, -0.2) is 30.0 Å². The summed E-state index contributed by atoms with van der Waals surface area (Å²) in [4.78, 5) is 24.4. The van der Waals surface area contributed by atoms with E-state index in [1.165, 1.54) is 17.7 Å². The number of carbonyl (C=O) groups is 2. The molecule has 1 aromatic carbocycles. The van der Waals surface area contributed by atoms with Crippen molar-refractivity contribution in [3.63, 3.8) is 0 Å². The minimum atomic E-state index is -4.48. The van der Waals surface area contributed by atoms with Gasteiger partial charge in [-0.15, -0.1) is 0 Å². The second kappa shape index (κ2) is 7.63. The third kappa shape index (κ3) is 4.07. The summed E-state index contributed by atoms with van der Waals surface area (Å²) in [5.41, 5.74) is -0.113. The lowest BCUT2D eigenvalue weighted by Gasteiger charge is -2.10. The minimum Gasteiger partial charge on any atom is -0.494 e. The Morgan fingerprint density at radius 2 is 1.77 bits per heavy atom. The van der Waals surface area contributed by atoms with Gasteiger partial charge in [-0.25, -0.2) is 0 Å². The first-order valence-corrected chi connectivity index (χ1v) is 7.79. The van der Waals surface area contributed by atoms with Crippen LogP contribution in [-0.2, 0) is 29.2 Å². The fourth-order valence-electron chi connectivity index (χ4n) is 2.52. The predicted octanol–water partition coefficient (Wildman–Crippen LogP) is 3.39. The van der Waals surface area contributed by atoms with E-state index in [-0.39, 0.29) is 30.0 Å². The number of rotatable bonds is 6. The molecule has 0 radical (unpaired) electrons. The van der Waals surface area contributed by atoms with Crippen LogP contribution in [0.1, 0.15) is 34.2 Å². The van der Waals surface area contributed by atoms with Gasteiger partial charge in [0, 0.05) is 24.4 Å². The predicted molar refractivity (Wildman–Crippen MR) is 87.2 cm³/mol. The van der Waals surface area contributed by atoms with Crippen LogP contribution in [0.25, 0.3) is 0 Å². The zero-order chi connectivity index (χ0) is 19.5. The largest absolute Gasteiger partial charge is 0.494 e. The Hall–Kier alpha value is -2.77. The van der Waals surface area contributed by atoms with Gasteiger partial charge in [-0.05, 0) is 19.1 Å². The highest BCUT2D eigenvalue weighted by atomic mass is 19.4. The van der Waals surface area contributed by atoms with E-state index in [1.54, 1.807) is 14.0 Å². The smallest absolute Gasteiger partial charge is 0.416 e. The summed E-state index contributed by atoms with van der Waals surface area (Å²) in [6.45, 7) is 1.92. The molecule has 0 bridgehead atoms. The van der Waals surface area contributed by atoms with Gasteiger partial charge in [-0.2, -0.15) is 13.2 Å². The van der Waals surface area contributed by atoms with Gasteiger partial charge in [-0.1, -0.05) is 12.1 Å². The van der Waals surface area contributed by atoms with Crippen LogP contribution >= 0.6 is 0 Å². The lowest BCUT2D eigenvalue weighted by Crippen LogP contribution is -2.14. The van der Waals surface area contributed by atoms with E-state index in [1.807, 2.05) is 0 Å². The molecular weight excluding hydrogens is 351 g/mol. The number of nitrogens with zero attached hydrogens (tertiary/aromatic N) is 1. The topological polar surface area (TPSA) is 57.5 Å². The number of aromatic nitrogens is 1. The zero-order valence-corrected chi connectivity index (χ0v) is 14.5. The van der Waals surface area contributed by atoms with Crippen molar-refractivity contribution < 1.29 is 32.2 Å². The lowest BCUT2D eigenvalue weighted by molar-refractivity contribution is -0.142. The van der Waals surface area contributed by atoms with Crippen molar-refractivity contribution in [3.8, 4) is 5.75 Å². The SMILES string of the molecule is CCOC(=O)Cc1cc(OC)c(C(=O)c2ccc(C(F)(F)F)cc2)n1C. The maximum absolute atomic E-state index is 12.7. The third-order valence-electron chi connectivity index (χ3n) is 3.84. The molecule has 1 heterocycles. The lowest BCUT2D eigenvalue weighted by atomic mass is 10.1. The first-order valence-electron chi connectivity index (χ1n) is 7.79. The summed E-state index contributed by atoms with van der Waals surface area (Å²) in [6, 6.07) is 5.46. The monoisotopic (exact) mass is 369 g/mol. The van der Waals surface area contributed by atoms with Gasteiger partial charge < -0.3 is 14.0 Å². The number of ketones is 1. The van der Waals surface area contributed by atoms with Gasteiger partial charge in [0.2, 0.25) is 5.78 Å². The Morgan fingerprint density at radius 1 is 1.15 bits per heavy atom. The molecule has 0 unspecified atom stereocenters. The van der Waals surface area contributed by atoms with Gasteiger partial charge in [-0.3, -0.25) is 9.59 Å². The van der Waals surface area contributed by atoms with E-state index >= 15 is 0 Å². The highest BCUT2D eigenvalue weighted by molar-refractivity contribution is 6.10. The molecule has 0 saturated carbocycles. The third-order valence-corrected chi connectivity index (χ3v) is 3.84. The van der Waals surface area contributed by atoms with Crippen molar-refractivity contribution in [3.05, 3.63) is 52.8 Å². The quantitative estimate of drug-likeness (QED) is 0.579. The molecule has 0 atom stereocenters. The molecule has 0 N–H and O–H groups in total. The van der Waals surface area contributed by atoms with Gasteiger partial charge in [0.05, 0.1) is 25.7 Å². The Bertz CT molecular complexity index is 807. The summed E-state index contributed by atoms with van der Waals surface area (Å²) in [7, 11) is 2.95. The molecule has 1 aromatic heterocycles.